The molecule has 0 bridgehead atoms. The number of nitrogens with zero attached hydrogens (tertiary/aromatic N) is 4. The molecule has 0 unspecified atom stereocenters. The number of pyridine rings is 2. The Labute approximate surface area is 287 Å². The molecule has 252 valence electrons. The smallest absolute Gasteiger partial charge is 0.244 e. The number of likely N-dealkylation sites (tertiary alicyclic amines) is 1. The number of anilines is 2. The van der Waals surface area contributed by atoms with Crippen LogP contribution < -0.4 is 16.0 Å². The molecule has 3 N–H and O–H groups in total. The number of benzene rings is 2. The van der Waals surface area contributed by atoms with Crippen molar-refractivity contribution in [3.8, 4) is 0 Å². The largest absolute Gasteiger partial charge is 0.329 e. The van der Waals surface area contributed by atoms with Crippen molar-refractivity contribution in [3.63, 3.8) is 0 Å². The van der Waals surface area contributed by atoms with E-state index in [1.807, 2.05) is 87.0 Å². The summed E-state index contributed by atoms with van der Waals surface area (Å²) in [6, 6.07) is 21.8. The van der Waals surface area contributed by atoms with Crippen LogP contribution in [-0.4, -0.2) is 64.2 Å². The fraction of sp³-hybridized carbons (Fsp3) is 0.359. The van der Waals surface area contributed by atoms with Gasteiger partial charge in [-0.3, -0.25) is 24.3 Å². The number of hydrogen-bond donors (Lipinski definition) is 3. The number of nitrogens with one attached hydrogen (secondary N) is 3. The van der Waals surface area contributed by atoms with E-state index in [4.69, 9.17) is 0 Å². The first kappa shape index (κ1) is 32.6. The molecule has 2 aromatic heterocycles. The van der Waals surface area contributed by atoms with E-state index in [9.17, 15) is 14.4 Å². The number of carbonyl (C=O) groups is 3. The Morgan fingerprint density at radius 2 is 1.69 bits per heavy atom. The molecule has 4 heterocycles. The summed E-state index contributed by atoms with van der Waals surface area (Å²) in [6.07, 6.45) is 7.87. The fourth-order valence-corrected chi connectivity index (χ4v) is 7.75. The van der Waals surface area contributed by atoms with Gasteiger partial charge in [0.25, 0.3) is 0 Å². The van der Waals surface area contributed by atoms with Gasteiger partial charge in [0, 0.05) is 54.9 Å². The van der Waals surface area contributed by atoms with Crippen molar-refractivity contribution in [2.75, 3.05) is 37.3 Å². The molecular formula is C39H43N7O3. The summed E-state index contributed by atoms with van der Waals surface area (Å²) in [4.78, 5) is 53.9. The van der Waals surface area contributed by atoms with E-state index < -0.39 is 10.8 Å². The van der Waals surface area contributed by atoms with Crippen LogP contribution in [0, 0.1) is 5.41 Å². The van der Waals surface area contributed by atoms with Gasteiger partial charge in [0.2, 0.25) is 17.7 Å². The monoisotopic (exact) mass is 657 g/mol. The van der Waals surface area contributed by atoms with Gasteiger partial charge in [-0.15, -0.1) is 0 Å². The number of fused-ring (bicyclic) bond motifs is 3. The quantitative estimate of drug-likeness (QED) is 0.231. The number of rotatable bonds is 10. The number of amides is 3. The van der Waals surface area contributed by atoms with Gasteiger partial charge in [0.15, 0.2) is 0 Å². The van der Waals surface area contributed by atoms with Crippen LogP contribution in [-0.2, 0) is 52.3 Å². The zero-order valence-electron chi connectivity index (χ0n) is 28.2. The summed E-state index contributed by atoms with van der Waals surface area (Å²) in [5.74, 6) is 0.343. The van der Waals surface area contributed by atoms with Gasteiger partial charge in [-0.25, -0.2) is 4.98 Å². The van der Waals surface area contributed by atoms with E-state index in [0.29, 0.717) is 50.3 Å². The lowest BCUT2D eigenvalue weighted by molar-refractivity contribution is -0.146. The van der Waals surface area contributed by atoms with E-state index in [1.54, 1.807) is 11.1 Å². The minimum absolute atomic E-state index is 0.000822. The van der Waals surface area contributed by atoms with Gasteiger partial charge in [-0.1, -0.05) is 43.3 Å². The molecule has 10 nitrogen and oxygen atoms in total. The molecule has 2 aliphatic heterocycles. The van der Waals surface area contributed by atoms with E-state index in [1.165, 1.54) is 5.56 Å². The summed E-state index contributed by atoms with van der Waals surface area (Å²) in [6.45, 7) is 5.42. The molecule has 4 aromatic rings. The molecule has 7 rings (SSSR count). The normalized spacial score (nSPS) is 19.3. The number of aromatic nitrogens is 2. The van der Waals surface area contributed by atoms with E-state index in [2.05, 4.69) is 36.9 Å². The van der Waals surface area contributed by atoms with Crippen LogP contribution in [0.25, 0.3) is 0 Å². The van der Waals surface area contributed by atoms with Gasteiger partial charge in [0.05, 0.1) is 5.41 Å². The van der Waals surface area contributed by atoms with Crippen LogP contribution in [0.5, 0.6) is 0 Å². The lowest BCUT2D eigenvalue weighted by Crippen LogP contribution is -2.50. The van der Waals surface area contributed by atoms with Gasteiger partial charge in [-0.05, 0) is 104 Å². The number of piperidine rings is 1. The third-order valence-electron chi connectivity index (χ3n) is 10.6. The van der Waals surface area contributed by atoms with Crippen LogP contribution in [0.1, 0.15) is 53.1 Å². The molecule has 1 fully saturated rings. The molecule has 3 amide bonds. The molecule has 1 atom stereocenters. The highest BCUT2D eigenvalue weighted by atomic mass is 16.2. The zero-order chi connectivity index (χ0) is 34.0. The van der Waals surface area contributed by atoms with Crippen molar-refractivity contribution in [1.82, 2.24) is 25.1 Å². The Bertz CT molecular complexity index is 1870. The Kier molecular flexibility index (Phi) is 9.00. The number of carbonyl (C=O) groups excluding carboxylic acids is 3. The third kappa shape index (κ3) is 6.58. The topological polar surface area (TPSA) is 120 Å². The maximum atomic E-state index is 14.4. The molecular weight excluding hydrogens is 614 g/mol. The van der Waals surface area contributed by atoms with Gasteiger partial charge >= 0.3 is 0 Å². The summed E-state index contributed by atoms with van der Waals surface area (Å²) >= 11 is 0. The zero-order valence-corrected chi connectivity index (χ0v) is 28.2. The first-order valence-corrected chi connectivity index (χ1v) is 17.1. The maximum Gasteiger partial charge on any atom is 0.244 e. The minimum Gasteiger partial charge on any atom is -0.329 e. The third-order valence-corrected chi connectivity index (χ3v) is 10.6. The van der Waals surface area contributed by atoms with Crippen molar-refractivity contribution >= 4 is 29.2 Å². The predicted molar refractivity (Wildman–Crippen MR) is 189 cm³/mol. The number of hydrogen-bond acceptors (Lipinski definition) is 7. The lowest BCUT2D eigenvalue weighted by Gasteiger charge is -2.41. The van der Waals surface area contributed by atoms with Crippen LogP contribution >= 0.6 is 0 Å². The molecule has 0 radical (unpaired) electrons. The van der Waals surface area contributed by atoms with Crippen molar-refractivity contribution in [1.29, 1.82) is 0 Å². The highest BCUT2D eigenvalue weighted by Crippen LogP contribution is 2.47. The summed E-state index contributed by atoms with van der Waals surface area (Å²) in [5, 5.41) is 9.25. The van der Waals surface area contributed by atoms with Crippen molar-refractivity contribution < 1.29 is 14.4 Å². The van der Waals surface area contributed by atoms with Crippen LogP contribution in [0.2, 0.25) is 0 Å². The first-order valence-electron chi connectivity index (χ1n) is 17.1. The second-order valence-electron chi connectivity index (χ2n) is 14.0. The summed E-state index contributed by atoms with van der Waals surface area (Å²) in [5.41, 5.74) is 5.76. The van der Waals surface area contributed by atoms with Crippen LogP contribution in [0.4, 0.5) is 11.5 Å². The fourth-order valence-electron chi connectivity index (χ4n) is 7.75. The Morgan fingerprint density at radius 1 is 0.939 bits per heavy atom. The van der Waals surface area contributed by atoms with E-state index in [0.717, 1.165) is 47.5 Å². The Hall–Kier alpha value is -4.93. The second kappa shape index (κ2) is 13.5. The molecule has 2 aromatic carbocycles. The average molecular weight is 658 g/mol. The molecule has 49 heavy (non-hydrogen) atoms. The van der Waals surface area contributed by atoms with Gasteiger partial charge in [-0.2, -0.15) is 0 Å². The molecule has 1 aliphatic carbocycles. The Morgan fingerprint density at radius 3 is 2.47 bits per heavy atom. The summed E-state index contributed by atoms with van der Waals surface area (Å²) in [7, 11) is 1.90. The van der Waals surface area contributed by atoms with E-state index in [-0.39, 0.29) is 24.3 Å². The second-order valence-corrected chi connectivity index (χ2v) is 14.0. The standard InChI is InChI=1S/C39H43N7O3/c1-38(13-18-45(19-14-38)24-27-11-16-41-17-12-27)37(49)46(25-30-7-4-3-6-29(30)23-40-2)26-34(47)43-32-10-9-28-21-39(22-31(28)20-32)33-8-5-15-42-35(33)44-36(39)48/h3-12,15-17,20,40H,13-14,18-19,21-26H2,1-2H3,(H,43,47)(H,42,44,48)/t39-/m1/s1. The SMILES string of the molecule is CNCc1ccccc1CN(CC(=O)Nc1ccc2c(c1)C[C@@]1(C2)C(=O)Nc2ncccc21)C(=O)C1(C)CCN(Cc2ccncc2)CC1. The lowest BCUT2D eigenvalue weighted by atomic mass is 9.78. The van der Waals surface area contributed by atoms with Crippen molar-refractivity contribution in [2.45, 2.75) is 57.7 Å². The highest BCUT2D eigenvalue weighted by Gasteiger charge is 2.51. The predicted octanol–water partition coefficient (Wildman–Crippen LogP) is 4.45. The molecule has 10 heteroatoms. The minimum atomic E-state index is -0.679. The molecule has 0 saturated carbocycles. The first-order chi connectivity index (χ1) is 23.8. The Balaban J connectivity index is 1.07. The van der Waals surface area contributed by atoms with Gasteiger partial charge in [0.1, 0.15) is 12.4 Å². The molecule has 1 saturated heterocycles. The van der Waals surface area contributed by atoms with Crippen LogP contribution in [0.3, 0.4) is 0 Å². The van der Waals surface area contributed by atoms with E-state index >= 15 is 0 Å². The highest BCUT2D eigenvalue weighted by molar-refractivity contribution is 6.06. The van der Waals surface area contributed by atoms with Crippen molar-refractivity contribution in [2.24, 2.45) is 5.41 Å². The van der Waals surface area contributed by atoms with Crippen molar-refractivity contribution in [3.05, 3.63) is 119 Å². The van der Waals surface area contributed by atoms with Crippen LogP contribution in [0.15, 0.2) is 85.3 Å². The maximum absolute atomic E-state index is 14.4. The summed E-state index contributed by atoms with van der Waals surface area (Å²) < 4.78 is 0. The van der Waals surface area contributed by atoms with Gasteiger partial charge < -0.3 is 20.9 Å². The molecule has 3 aliphatic rings. The average Bonchev–Trinajstić information content (AvgIpc) is 3.62. The molecule has 1 spiro atoms.